The normalized spacial score (nSPS) is 17.5. The van der Waals surface area contributed by atoms with Crippen molar-refractivity contribution in [2.75, 3.05) is 6.54 Å². The third kappa shape index (κ3) is 3.17. The molecule has 1 fully saturated rings. The van der Waals surface area contributed by atoms with E-state index in [0.29, 0.717) is 18.2 Å². The minimum atomic E-state index is -0.158. The number of fused-ring (bicyclic) bond motifs is 1. The molecule has 0 saturated heterocycles. The highest BCUT2D eigenvalue weighted by Crippen LogP contribution is 2.27. The van der Waals surface area contributed by atoms with E-state index >= 15 is 0 Å². The lowest BCUT2D eigenvalue weighted by molar-refractivity contribution is 0.0889. The fraction of sp³-hybridized carbons (Fsp3) is 0.500. The van der Waals surface area contributed by atoms with E-state index in [-0.39, 0.29) is 11.9 Å². The summed E-state index contributed by atoms with van der Waals surface area (Å²) in [4.78, 5) is 12.5. The van der Waals surface area contributed by atoms with Gasteiger partial charge in [0.25, 0.3) is 5.91 Å². The Morgan fingerprint density at radius 3 is 2.82 bits per heavy atom. The van der Waals surface area contributed by atoms with Crippen molar-refractivity contribution in [1.82, 2.24) is 5.32 Å². The molecular formula is C18H24N2O2. The molecule has 0 aliphatic heterocycles. The zero-order chi connectivity index (χ0) is 15.5. The molecule has 118 valence electrons. The molecule has 3 rings (SSSR count). The maximum atomic E-state index is 12.5. The predicted octanol–water partition coefficient (Wildman–Crippen LogP) is 3.38. The number of furan rings is 1. The Kier molecular flexibility index (Phi) is 4.48. The number of rotatable bonds is 4. The largest absolute Gasteiger partial charge is 0.451 e. The monoisotopic (exact) mass is 300 g/mol. The van der Waals surface area contributed by atoms with E-state index in [2.05, 4.69) is 5.32 Å². The zero-order valence-corrected chi connectivity index (χ0v) is 13.1. The van der Waals surface area contributed by atoms with Gasteiger partial charge in [-0.1, -0.05) is 30.9 Å². The highest BCUT2D eigenvalue weighted by molar-refractivity contribution is 5.96. The molecule has 1 aliphatic rings. The minimum absolute atomic E-state index is 0.0442. The molecular weight excluding hydrogens is 276 g/mol. The first kappa shape index (κ1) is 15.1. The zero-order valence-electron chi connectivity index (χ0n) is 13.1. The molecule has 0 bridgehead atoms. The van der Waals surface area contributed by atoms with Gasteiger partial charge in [0.05, 0.1) is 0 Å². The van der Waals surface area contributed by atoms with Crippen molar-refractivity contribution in [2.45, 2.75) is 45.1 Å². The summed E-state index contributed by atoms with van der Waals surface area (Å²) in [6.07, 6.45) is 6.08. The molecule has 1 aromatic heterocycles. The van der Waals surface area contributed by atoms with Crippen LogP contribution < -0.4 is 11.1 Å². The Bertz CT molecular complexity index is 656. The van der Waals surface area contributed by atoms with Crippen LogP contribution in [-0.4, -0.2) is 18.5 Å². The van der Waals surface area contributed by atoms with Crippen LogP contribution in [0.1, 0.15) is 48.2 Å². The summed E-state index contributed by atoms with van der Waals surface area (Å²) in [7, 11) is 0. The number of carbonyl (C=O) groups excluding carboxylic acids is 1. The molecule has 1 atom stereocenters. The van der Waals surface area contributed by atoms with Crippen molar-refractivity contribution in [2.24, 2.45) is 11.7 Å². The number of aryl methyl sites for hydroxylation is 1. The Labute approximate surface area is 131 Å². The smallest absolute Gasteiger partial charge is 0.287 e. The van der Waals surface area contributed by atoms with Crippen LogP contribution in [0.2, 0.25) is 0 Å². The highest BCUT2D eigenvalue weighted by atomic mass is 16.3. The second-order valence-electron chi connectivity index (χ2n) is 6.37. The third-order valence-corrected chi connectivity index (χ3v) is 4.68. The molecule has 0 spiro atoms. The van der Waals surface area contributed by atoms with E-state index in [0.717, 1.165) is 29.4 Å². The first-order valence-corrected chi connectivity index (χ1v) is 8.18. The van der Waals surface area contributed by atoms with E-state index in [9.17, 15) is 4.79 Å². The fourth-order valence-electron chi connectivity index (χ4n) is 3.42. The van der Waals surface area contributed by atoms with Gasteiger partial charge in [0.2, 0.25) is 0 Å². The van der Waals surface area contributed by atoms with Gasteiger partial charge < -0.3 is 15.5 Å². The molecule has 4 nitrogen and oxygen atoms in total. The number of nitrogens with two attached hydrogens (primary N) is 1. The molecule has 1 amide bonds. The van der Waals surface area contributed by atoms with Crippen molar-refractivity contribution < 1.29 is 9.21 Å². The van der Waals surface area contributed by atoms with Crippen LogP contribution in [0.15, 0.2) is 28.7 Å². The molecule has 2 aromatic rings. The van der Waals surface area contributed by atoms with Gasteiger partial charge in [0.1, 0.15) is 5.58 Å². The van der Waals surface area contributed by atoms with Crippen LogP contribution in [-0.2, 0) is 0 Å². The molecule has 3 N–H and O–H groups in total. The van der Waals surface area contributed by atoms with Crippen molar-refractivity contribution in [3.05, 3.63) is 35.6 Å². The SMILES string of the molecule is Cc1ccc2oc(C(=O)NC(CN)C3CCCCC3)cc2c1. The Balaban J connectivity index is 1.73. The van der Waals surface area contributed by atoms with Gasteiger partial charge in [-0.15, -0.1) is 0 Å². The van der Waals surface area contributed by atoms with Crippen molar-refractivity contribution in [3.8, 4) is 0 Å². The topological polar surface area (TPSA) is 68.3 Å². The van der Waals surface area contributed by atoms with E-state index in [1.807, 2.05) is 31.2 Å². The molecule has 0 radical (unpaired) electrons. The summed E-state index contributed by atoms with van der Waals surface area (Å²) in [6, 6.07) is 7.77. The first-order chi connectivity index (χ1) is 10.7. The number of amides is 1. The van der Waals surface area contributed by atoms with Crippen LogP contribution in [0.4, 0.5) is 0 Å². The summed E-state index contributed by atoms with van der Waals surface area (Å²) in [5.41, 5.74) is 7.78. The quantitative estimate of drug-likeness (QED) is 0.909. The lowest BCUT2D eigenvalue weighted by Gasteiger charge is -2.29. The maximum absolute atomic E-state index is 12.5. The van der Waals surface area contributed by atoms with Crippen molar-refractivity contribution in [3.63, 3.8) is 0 Å². The van der Waals surface area contributed by atoms with Gasteiger partial charge >= 0.3 is 0 Å². The average Bonchev–Trinajstić information content (AvgIpc) is 2.96. The lowest BCUT2D eigenvalue weighted by atomic mass is 9.84. The lowest BCUT2D eigenvalue weighted by Crippen LogP contribution is -2.45. The van der Waals surface area contributed by atoms with E-state index in [1.165, 1.54) is 19.3 Å². The fourth-order valence-corrected chi connectivity index (χ4v) is 3.42. The summed E-state index contributed by atoms with van der Waals surface area (Å²) in [5.74, 6) is 0.707. The second-order valence-corrected chi connectivity index (χ2v) is 6.37. The Morgan fingerprint density at radius 1 is 1.32 bits per heavy atom. The van der Waals surface area contributed by atoms with Crippen LogP contribution in [0.5, 0.6) is 0 Å². The van der Waals surface area contributed by atoms with Crippen LogP contribution in [0.3, 0.4) is 0 Å². The van der Waals surface area contributed by atoms with Gasteiger partial charge in [0.15, 0.2) is 5.76 Å². The van der Waals surface area contributed by atoms with E-state index in [4.69, 9.17) is 10.2 Å². The first-order valence-electron chi connectivity index (χ1n) is 8.18. The van der Waals surface area contributed by atoms with E-state index in [1.54, 1.807) is 0 Å². The van der Waals surface area contributed by atoms with Crippen LogP contribution in [0, 0.1) is 12.8 Å². The number of carbonyl (C=O) groups is 1. The van der Waals surface area contributed by atoms with Gasteiger partial charge in [0, 0.05) is 18.0 Å². The average molecular weight is 300 g/mol. The second kappa shape index (κ2) is 6.53. The number of nitrogens with one attached hydrogen (secondary N) is 1. The molecule has 1 aliphatic carbocycles. The molecule has 1 heterocycles. The van der Waals surface area contributed by atoms with E-state index < -0.39 is 0 Å². The summed E-state index contributed by atoms with van der Waals surface area (Å²) in [5, 5.41) is 4.04. The Hall–Kier alpha value is -1.81. The van der Waals surface area contributed by atoms with Crippen molar-refractivity contribution in [1.29, 1.82) is 0 Å². The third-order valence-electron chi connectivity index (χ3n) is 4.68. The molecule has 4 heteroatoms. The van der Waals surface area contributed by atoms with Gasteiger partial charge in [-0.3, -0.25) is 4.79 Å². The summed E-state index contributed by atoms with van der Waals surface area (Å²) >= 11 is 0. The summed E-state index contributed by atoms with van der Waals surface area (Å²) in [6.45, 7) is 2.51. The minimum Gasteiger partial charge on any atom is -0.451 e. The van der Waals surface area contributed by atoms with Crippen LogP contribution in [0.25, 0.3) is 11.0 Å². The van der Waals surface area contributed by atoms with Crippen LogP contribution >= 0.6 is 0 Å². The van der Waals surface area contributed by atoms with Gasteiger partial charge in [-0.05, 0) is 43.9 Å². The predicted molar refractivity (Wildman–Crippen MR) is 87.8 cm³/mol. The molecule has 22 heavy (non-hydrogen) atoms. The standard InChI is InChI=1S/C18H24N2O2/c1-12-7-8-16-14(9-12)10-17(22-16)18(21)20-15(11-19)13-5-3-2-4-6-13/h7-10,13,15H,2-6,11,19H2,1H3,(H,20,21). The maximum Gasteiger partial charge on any atom is 0.287 e. The molecule has 1 unspecified atom stereocenters. The molecule has 1 saturated carbocycles. The number of hydrogen-bond acceptors (Lipinski definition) is 3. The van der Waals surface area contributed by atoms with Gasteiger partial charge in [-0.2, -0.15) is 0 Å². The van der Waals surface area contributed by atoms with Gasteiger partial charge in [-0.25, -0.2) is 0 Å². The Morgan fingerprint density at radius 2 is 2.09 bits per heavy atom. The summed E-state index contributed by atoms with van der Waals surface area (Å²) < 4.78 is 5.66. The highest BCUT2D eigenvalue weighted by Gasteiger charge is 2.25. The number of hydrogen-bond donors (Lipinski definition) is 2. The molecule has 1 aromatic carbocycles. The van der Waals surface area contributed by atoms with Crippen molar-refractivity contribution >= 4 is 16.9 Å². The number of benzene rings is 1.